The third-order valence-electron chi connectivity index (χ3n) is 5.24. The van der Waals surface area contributed by atoms with Crippen LogP contribution in [-0.4, -0.2) is 66.1 Å². The molecular weight excluding hydrogens is 395 g/mol. The molecule has 3 rings (SSSR count). The first kappa shape index (κ1) is 22.0. The largest absolute Gasteiger partial charge is 0.340 e. The second kappa shape index (κ2) is 9.86. The summed E-state index contributed by atoms with van der Waals surface area (Å²) < 4.78 is 0. The Kier molecular flexibility index (Phi) is 7.22. The molecule has 1 aliphatic rings. The number of rotatable bonds is 6. The molecule has 1 saturated heterocycles. The van der Waals surface area contributed by atoms with Crippen molar-refractivity contribution < 1.29 is 9.59 Å². The highest BCUT2D eigenvalue weighted by Gasteiger charge is 2.23. The molecule has 2 aromatic rings. The first-order valence-electron chi connectivity index (χ1n) is 10.1. The summed E-state index contributed by atoms with van der Waals surface area (Å²) in [4.78, 5) is 32.5. The normalized spacial score (nSPS) is 14.0. The molecule has 6 nitrogen and oxygen atoms in total. The van der Waals surface area contributed by atoms with Crippen molar-refractivity contribution in [1.82, 2.24) is 14.8 Å². The summed E-state index contributed by atoms with van der Waals surface area (Å²) in [5.74, 6) is 0.892. The molecule has 2 heterocycles. The van der Waals surface area contributed by atoms with Crippen LogP contribution in [0.3, 0.4) is 0 Å². The predicted octanol–water partition coefficient (Wildman–Crippen LogP) is 2.90. The van der Waals surface area contributed by atoms with Gasteiger partial charge in [-0.2, -0.15) is 0 Å². The number of benzene rings is 1. The number of pyridine rings is 1. The van der Waals surface area contributed by atoms with Crippen LogP contribution in [-0.2, 0) is 16.0 Å². The molecule has 0 saturated carbocycles. The molecule has 1 N–H and O–H groups in total. The van der Waals surface area contributed by atoms with Gasteiger partial charge in [0.2, 0.25) is 11.8 Å². The van der Waals surface area contributed by atoms with E-state index in [1.807, 2.05) is 41.4 Å². The van der Waals surface area contributed by atoms with Gasteiger partial charge in [-0.05, 0) is 55.7 Å². The van der Waals surface area contributed by atoms with E-state index in [9.17, 15) is 9.59 Å². The highest BCUT2D eigenvalue weighted by Crippen LogP contribution is 2.30. The van der Waals surface area contributed by atoms with Crippen LogP contribution in [0.5, 0.6) is 0 Å². The zero-order valence-electron chi connectivity index (χ0n) is 17.9. The van der Waals surface area contributed by atoms with Gasteiger partial charge in [-0.1, -0.05) is 26.6 Å². The van der Waals surface area contributed by atoms with Crippen LogP contribution in [0.2, 0.25) is 0 Å². The summed E-state index contributed by atoms with van der Waals surface area (Å²) in [7, 11) is -0.294. The lowest BCUT2D eigenvalue weighted by Crippen LogP contribution is -2.50. The molecule has 7 heteroatoms. The number of hydrogen-bond acceptors (Lipinski definition) is 4. The van der Waals surface area contributed by atoms with Gasteiger partial charge in [0.15, 0.2) is 0 Å². The van der Waals surface area contributed by atoms with Gasteiger partial charge in [0.25, 0.3) is 0 Å². The van der Waals surface area contributed by atoms with Crippen LogP contribution in [0, 0.1) is 6.92 Å². The molecule has 1 aromatic heterocycles. The van der Waals surface area contributed by atoms with Gasteiger partial charge in [-0.15, -0.1) is 0 Å². The first-order valence-corrected chi connectivity index (χ1v) is 12.3. The maximum absolute atomic E-state index is 12.7. The van der Waals surface area contributed by atoms with Crippen LogP contribution in [0.25, 0.3) is 0 Å². The smallest absolute Gasteiger partial charge is 0.246 e. The van der Waals surface area contributed by atoms with Gasteiger partial charge < -0.3 is 15.1 Å². The summed E-state index contributed by atoms with van der Waals surface area (Å²) in [6, 6.07) is 9.98. The lowest BCUT2D eigenvalue weighted by atomic mass is 10.1. The summed E-state index contributed by atoms with van der Waals surface area (Å²) in [6.45, 7) is 12.3. The van der Waals surface area contributed by atoms with E-state index < -0.39 is 0 Å². The monoisotopic (exact) mass is 424 g/mol. The van der Waals surface area contributed by atoms with Crippen molar-refractivity contribution in [1.29, 1.82) is 0 Å². The maximum atomic E-state index is 12.7. The molecule has 0 atom stereocenters. The van der Waals surface area contributed by atoms with E-state index >= 15 is 0 Å². The quantitative estimate of drug-likeness (QED) is 0.572. The Balaban J connectivity index is 1.65. The standard InChI is InChI=1S/C23H29N4O2P/c1-5-20(28)26-11-13-27(14-12-26)21(29)16-18-7-6-8-19(15-18)25-23-22(30(3)4)17(2)9-10-24-23/h5-10,15H,1,11-14,16H2,2-4H3,(H,24,25). The van der Waals surface area contributed by atoms with Gasteiger partial charge in [-0.25, -0.2) is 4.98 Å². The van der Waals surface area contributed by atoms with E-state index in [0.717, 1.165) is 17.1 Å². The Hall–Kier alpha value is -2.72. The lowest BCUT2D eigenvalue weighted by Gasteiger charge is -2.34. The Morgan fingerprint density at radius 2 is 1.87 bits per heavy atom. The number of anilines is 2. The Bertz CT molecular complexity index is 937. The van der Waals surface area contributed by atoms with Crippen LogP contribution >= 0.6 is 7.92 Å². The molecule has 158 valence electrons. The number of nitrogens with one attached hydrogen (secondary N) is 1. The number of carbonyl (C=O) groups excluding carboxylic acids is 2. The minimum absolute atomic E-state index is 0.0761. The summed E-state index contributed by atoms with van der Waals surface area (Å²) in [5.41, 5.74) is 3.13. The number of carbonyl (C=O) groups is 2. The van der Waals surface area contributed by atoms with Gasteiger partial charge in [0.1, 0.15) is 5.82 Å². The van der Waals surface area contributed by atoms with E-state index in [1.54, 1.807) is 4.90 Å². The number of nitrogens with zero attached hydrogens (tertiary/aromatic N) is 3. The minimum Gasteiger partial charge on any atom is -0.340 e. The van der Waals surface area contributed by atoms with Crippen LogP contribution in [0.4, 0.5) is 11.5 Å². The van der Waals surface area contributed by atoms with E-state index in [1.165, 1.54) is 16.9 Å². The molecule has 30 heavy (non-hydrogen) atoms. The number of hydrogen-bond donors (Lipinski definition) is 1. The molecule has 0 unspecified atom stereocenters. The molecule has 0 radical (unpaired) electrons. The molecule has 2 amide bonds. The molecule has 1 fully saturated rings. The van der Waals surface area contributed by atoms with Crippen molar-refractivity contribution in [3.05, 3.63) is 60.3 Å². The maximum Gasteiger partial charge on any atom is 0.246 e. The van der Waals surface area contributed by atoms with Gasteiger partial charge in [-0.3, -0.25) is 9.59 Å². The van der Waals surface area contributed by atoms with Crippen molar-refractivity contribution in [2.45, 2.75) is 13.3 Å². The molecule has 0 bridgehead atoms. The number of amides is 2. The number of piperazine rings is 1. The van der Waals surface area contributed by atoms with Gasteiger partial charge in [0.05, 0.1) is 6.42 Å². The van der Waals surface area contributed by atoms with Crippen molar-refractivity contribution >= 4 is 36.5 Å². The molecule has 1 aliphatic heterocycles. The molecule has 0 aliphatic carbocycles. The average molecular weight is 424 g/mol. The highest BCUT2D eigenvalue weighted by atomic mass is 31.1. The summed E-state index contributed by atoms with van der Waals surface area (Å²) >= 11 is 0. The average Bonchev–Trinajstić information content (AvgIpc) is 2.73. The minimum atomic E-state index is -0.294. The van der Waals surface area contributed by atoms with E-state index in [-0.39, 0.29) is 19.7 Å². The van der Waals surface area contributed by atoms with E-state index in [0.29, 0.717) is 32.6 Å². The molecular formula is C23H29N4O2P. The lowest BCUT2D eigenvalue weighted by molar-refractivity contribution is -0.136. The fraction of sp³-hybridized carbons (Fsp3) is 0.348. The summed E-state index contributed by atoms with van der Waals surface area (Å²) in [6.07, 6.45) is 3.49. The topological polar surface area (TPSA) is 65.5 Å². The van der Waals surface area contributed by atoms with Crippen LogP contribution in [0.1, 0.15) is 11.1 Å². The fourth-order valence-corrected chi connectivity index (χ4v) is 5.01. The van der Waals surface area contributed by atoms with Crippen molar-refractivity contribution in [3.63, 3.8) is 0 Å². The van der Waals surface area contributed by atoms with Gasteiger partial charge >= 0.3 is 0 Å². The third-order valence-corrected chi connectivity index (χ3v) is 6.70. The van der Waals surface area contributed by atoms with Crippen LogP contribution in [0.15, 0.2) is 49.2 Å². The fourth-order valence-electron chi connectivity index (χ4n) is 3.69. The SMILES string of the molecule is C=CC(=O)N1CCN(C(=O)Cc2cccc(Nc3nccc(C)c3P(C)C)c2)CC1. The zero-order chi connectivity index (χ0) is 21.7. The van der Waals surface area contributed by atoms with Gasteiger partial charge in [0, 0.05) is 43.4 Å². The number of aromatic nitrogens is 1. The van der Waals surface area contributed by atoms with E-state index in [2.05, 4.69) is 37.1 Å². The molecule has 0 spiro atoms. The van der Waals surface area contributed by atoms with Crippen LogP contribution < -0.4 is 10.6 Å². The predicted molar refractivity (Wildman–Crippen MR) is 124 cm³/mol. The Morgan fingerprint density at radius 3 is 2.53 bits per heavy atom. The Labute approximate surface area is 179 Å². The first-order chi connectivity index (χ1) is 14.4. The van der Waals surface area contributed by atoms with E-state index in [4.69, 9.17) is 0 Å². The Morgan fingerprint density at radius 1 is 1.17 bits per heavy atom. The second-order valence-corrected chi connectivity index (χ2v) is 9.87. The third kappa shape index (κ3) is 5.25. The highest BCUT2D eigenvalue weighted by molar-refractivity contribution is 7.64. The van der Waals surface area contributed by atoms with Crippen molar-refractivity contribution in [2.24, 2.45) is 0 Å². The van der Waals surface area contributed by atoms with Crippen molar-refractivity contribution in [2.75, 3.05) is 44.8 Å². The number of aryl methyl sites for hydroxylation is 1. The summed E-state index contributed by atoms with van der Waals surface area (Å²) in [5, 5.41) is 4.70. The molecule has 1 aromatic carbocycles. The zero-order valence-corrected chi connectivity index (χ0v) is 18.8. The second-order valence-electron chi connectivity index (χ2n) is 7.63. The van der Waals surface area contributed by atoms with Crippen molar-refractivity contribution in [3.8, 4) is 0 Å².